The van der Waals surface area contributed by atoms with Crippen molar-refractivity contribution in [2.24, 2.45) is 0 Å². The molecule has 2 heterocycles. The van der Waals surface area contributed by atoms with E-state index in [1.54, 1.807) is 7.11 Å². The van der Waals surface area contributed by atoms with Crippen LogP contribution >= 0.6 is 23.1 Å². The van der Waals surface area contributed by atoms with Crippen LogP contribution in [0.25, 0.3) is 0 Å². The average Bonchev–Trinajstić information content (AvgIpc) is 3.30. The highest BCUT2D eigenvalue weighted by atomic mass is 32.2. The van der Waals surface area contributed by atoms with E-state index in [1.807, 2.05) is 25.1 Å². The topological polar surface area (TPSA) is 85.4 Å². The van der Waals surface area contributed by atoms with E-state index in [-0.39, 0.29) is 17.8 Å². The van der Waals surface area contributed by atoms with Gasteiger partial charge in [-0.05, 0) is 37.5 Å². The molecule has 0 saturated carbocycles. The van der Waals surface area contributed by atoms with Gasteiger partial charge in [0.1, 0.15) is 5.75 Å². The summed E-state index contributed by atoms with van der Waals surface area (Å²) in [6.07, 6.45) is 2.45. The highest BCUT2D eigenvalue weighted by molar-refractivity contribution is 8.01. The number of amides is 1. The molecule has 3 rings (SSSR count). The summed E-state index contributed by atoms with van der Waals surface area (Å²) in [6.45, 7) is 3.55. The van der Waals surface area contributed by atoms with Gasteiger partial charge < -0.3 is 20.1 Å². The number of carbonyl (C=O) groups is 1. The molecule has 0 radical (unpaired) electrons. The first-order chi connectivity index (χ1) is 12.6. The number of methoxy groups -OCH3 is 1. The minimum Gasteiger partial charge on any atom is -0.495 e. The van der Waals surface area contributed by atoms with Crippen molar-refractivity contribution in [3.63, 3.8) is 0 Å². The maximum absolute atomic E-state index is 12.2. The normalized spacial score (nSPS) is 16.5. The third-order valence-electron chi connectivity index (χ3n) is 3.87. The number of ether oxygens (including phenoxy) is 2. The van der Waals surface area contributed by atoms with Gasteiger partial charge in [0.25, 0.3) is 0 Å². The molecule has 1 aliphatic heterocycles. The van der Waals surface area contributed by atoms with Gasteiger partial charge in [-0.3, -0.25) is 4.79 Å². The summed E-state index contributed by atoms with van der Waals surface area (Å²) in [5, 5.41) is 15.1. The van der Waals surface area contributed by atoms with Crippen LogP contribution in [0.1, 0.15) is 18.4 Å². The zero-order valence-electron chi connectivity index (χ0n) is 14.8. The number of nitrogens with one attached hydrogen (secondary N) is 2. The SMILES string of the molecule is COc1ccc(C)cc1NC(=O)CSc1nnc(NC[C@H]2CCCO2)s1. The number of aromatic nitrogens is 2. The summed E-state index contributed by atoms with van der Waals surface area (Å²) in [4.78, 5) is 12.2. The van der Waals surface area contributed by atoms with Crippen LogP contribution in [-0.2, 0) is 9.53 Å². The first-order valence-electron chi connectivity index (χ1n) is 8.40. The van der Waals surface area contributed by atoms with Gasteiger partial charge in [-0.15, -0.1) is 10.2 Å². The Labute approximate surface area is 160 Å². The zero-order chi connectivity index (χ0) is 18.4. The Balaban J connectivity index is 1.46. The van der Waals surface area contributed by atoms with Crippen molar-refractivity contribution in [2.45, 2.75) is 30.2 Å². The molecule has 1 aliphatic rings. The fourth-order valence-corrected chi connectivity index (χ4v) is 4.14. The lowest BCUT2D eigenvalue weighted by Crippen LogP contribution is -2.18. The summed E-state index contributed by atoms with van der Waals surface area (Å²) in [6, 6.07) is 5.67. The molecule has 1 saturated heterocycles. The van der Waals surface area contributed by atoms with Crippen LogP contribution in [-0.4, -0.2) is 48.2 Å². The Hall–Kier alpha value is -1.84. The van der Waals surface area contributed by atoms with Gasteiger partial charge in [-0.25, -0.2) is 0 Å². The summed E-state index contributed by atoms with van der Waals surface area (Å²) in [7, 11) is 1.58. The van der Waals surface area contributed by atoms with Gasteiger partial charge in [0, 0.05) is 13.2 Å². The molecule has 0 aliphatic carbocycles. The molecule has 0 spiro atoms. The van der Waals surface area contributed by atoms with Gasteiger partial charge in [-0.2, -0.15) is 0 Å². The van der Waals surface area contributed by atoms with Crippen LogP contribution in [0.15, 0.2) is 22.5 Å². The monoisotopic (exact) mass is 394 g/mol. The third-order valence-corrected chi connectivity index (χ3v) is 5.88. The molecule has 1 fully saturated rings. The highest BCUT2D eigenvalue weighted by Crippen LogP contribution is 2.28. The minimum absolute atomic E-state index is 0.108. The van der Waals surface area contributed by atoms with E-state index in [0.29, 0.717) is 11.4 Å². The van der Waals surface area contributed by atoms with Crippen molar-refractivity contribution in [1.29, 1.82) is 0 Å². The van der Waals surface area contributed by atoms with E-state index in [9.17, 15) is 4.79 Å². The average molecular weight is 395 g/mol. The molecule has 0 bridgehead atoms. The number of hydrogen-bond acceptors (Lipinski definition) is 8. The lowest BCUT2D eigenvalue weighted by molar-refractivity contribution is -0.113. The predicted molar refractivity (Wildman–Crippen MR) is 104 cm³/mol. The van der Waals surface area contributed by atoms with Crippen molar-refractivity contribution in [3.05, 3.63) is 23.8 Å². The van der Waals surface area contributed by atoms with Gasteiger partial charge in [0.15, 0.2) is 4.34 Å². The van der Waals surface area contributed by atoms with Crippen LogP contribution in [0, 0.1) is 6.92 Å². The number of anilines is 2. The van der Waals surface area contributed by atoms with Crippen molar-refractivity contribution < 1.29 is 14.3 Å². The largest absolute Gasteiger partial charge is 0.495 e. The number of benzene rings is 1. The Bertz CT molecular complexity index is 747. The lowest BCUT2D eigenvalue weighted by Gasteiger charge is -2.10. The second-order valence-electron chi connectivity index (χ2n) is 5.93. The molecular formula is C17H22N4O3S2. The van der Waals surface area contributed by atoms with E-state index in [4.69, 9.17) is 9.47 Å². The van der Waals surface area contributed by atoms with E-state index >= 15 is 0 Å². The van der Waals surface area contributed by atoms with Crippen LogP contribution in [0.2, 0.25) is 0 Å². The zero-order valence-corrected chi connectivity index (χ0v) is 16.4. The molecule has 7 nitrogen and oxygen atoms in total. The summed E-state index contributed by atoms with van der Waals surface area (Å²) in [5.74, 6) is 0.797. The van der Waals surface area contributed by atoms with E-state index < -0.39 is 0 Å². The standard InChI is InChI=1S/C17H22N4O3S2/c1-11-5-6-14(23-2)13(8-11)19-15(22)10-25-17-21-20-16(26-17)18-9-12-4-3-7-24-12/h5-6,8,12H,3-4,7,9-10H2,1-2H3,(H,18,20)(H,19,22)/t12-/m1/s1. The van der Waals surface area contributed by atoms with Crippen molar-refractivity contribution in [3.8, 4) is 5.75 Å². The second kappa shape index (κ2) is 9.20. The second-order valence-corrected chi connectivity index (χ2v) is 8.13. The minimum atomic E-state index is -0.108. The van der Waals surface area contributed by atoms with Gasteiger partial charge in [0.05, 0.1) is 24.7 Å². The Morgan fingerprint density at radius 2 is 2.35 bits per heavy atom. The first kappa shape index (κ1) is 18.9. The van der Waals surface area contributed by atoms with Crippen LogP contribution in [0.5, 0.6) is 5.75 Å². The maximum atomic E-state index is 12.2. The molecule has 2 N–H and O–H groups in total. The fourth-order valence-electron chi connectivity index (χ4n) is 2.58. The van der Waals surface area contributed by atoms with E-state index in [1.165, 1.54) is 23.1 Å². The Kier molecular flexibility index (Phi) is 6.70. The maximum Gasteiger partial charge on any atom is 0.234 e. The Morgan fingerprint density at radius 3 is 3.12 bits per heavy atom. The number of nitrogens with zero attached hydrogens (tertiary/aromatic N) is 2. The lowest BCUT2D eigenvalue weighted by atomic mass is 10.2. The molecule has 1 aromatic heterocycles. The molecule has 1 aromatic carbocycles. The summed E-state index contributed by atoms with van der Waals surface area (Å²) >= 11 is 2.81. The smallest absolute Gasteiger partial charge is 0.234 e. The van der Waals surface area contributed by atoms with Crippen molar-refractivity contribution in [1.82, 2.24) is 10.2 Å². The first-order valence-corrected chi connectivity index (χ1v) is 10.2. The van der Waals surface area contributed by atoms with E-state index in [2.05, 4.69) is 20.8 Å². The third kappa shape index (κ3) is 5.33. The molecule has 140 valence electrons. The molecule has 2 aromatic rings. The molecule has 9 heteroatoms. The predicted octanol–water partition coefficient (Wildman–Crippen LogP) is 3.18. The van der Waals surface area contributed by atoms with Crippen molar-refractivity contribution >= 4 is 39.8 Å². The highest BCUT2D eigenvalue weighted by Gasteiger charge is 2.16. The molecule has 1 atom stereocenters. The molecular weight excluding hydrogens is 372 g/mol. The quantitative estimate of drug-likeness (QED) is 0.665. The van der Waals surface area contributed by atoms with Gasteiger partial charge in [-0.1, -0.05) is 29.2 Å². The van der Waals surface area contributed by atoms with Crippen LogP contribution < -0.4 is 15.4 Å². The number of rotatable bonds is 8. The van der Waals surface area contributed by atoms with Crippen LogP contribution in [0.3, 0.4) is 0 Å². The van der Waals surface area contributed by atoms with Crippen molar-refractivity contribution in [2.75, 3.05) is 36.6 Å². The number of hydrogen-bond donors (Lipinski definition) is 2. The molecule has 1 amide bonds. The van der Waals surface area contributed by atoms with Gasteiger partial charge in [0.2, 0.25) is 11.0 Å². The summed E-state index contributed by atoms with van der Waals surface area (Å²) in [5.41, 5.74) is 1.73. The molecule has 26 heavy (non-hydrogen) atoms. The fraction of sp³-hybridized carbons (Fsp3) is 0.471. The summed E-state index contributed by atoms with van der Waals surface area (Å²) < 4.78 is 11.6. The number of carbonyl (C=O) groups excluding carboxylic acids is 1. The molecule has 0 unspecified atom stereocenters. The van der Waals surface area contributed by atoms with Gasteiger partial charge >= 0.3 is 0 Å². The van der Waals surface area contributed by atoms with E-state index in [0.717, 1.165) is 41.0 Å². The van der Waals surface area contributed by atoms with Crippen LogP contribution in [0.4, 0.5) is 10.8 Å². The Morgan fingerprint density at radius 1 is 1.46 bits per heavy atom. The number of thioether (sulfide) groups is 1. The number of aryl methyl sites for hydroxylation is 1.